The number of hydrogen-bond acceptors (Lipinski definition) is 5. The van der Waals surface area contributed by atoms with Gasteiger partial charge in [-0.05, 0) is 54.1 Å². The summed E-state index contributed by atoms with van der Waals surface area (Å²) in [4.78, 5) is 24.3. The van der Waals surface area contributed by atoms with E-state index in [0.717, 1.165) is 5.56 Å². The number of amides is 2. The zero-order valence-corrected chi connectivity index (χ0v) is 16.0. The van der Waals surface area contributed by atoms with Gasteiger partial charge in [-0.3, -0.25) is 9.59 Å². The van der Waals surface area contributed by atoms with Crippen LogP contribution in [0.15, 0.2) is 71.4 Å². The van der Waals surface area contributed by atoms with Gasteiger partial charge in [-0.15, -0.1) is 0 Å². The highest BCUT2D eigenvalue weighted by Crippen LogP contribution is 2.28. The number of anilines is 2. The molecule has 2 aromatic carbocycles. The molecule has 3 aromatic rings. The van der Waals surface area contributed by atoms with E-state index < -0.39 is 0 Å². The molecule has 0 atom stereocenters. The Bertz CT molecular complexity index is 1030. The van der Waals surface area contributed by atoms with Gasteiger partial charge in [-0.25, -0.2) is 0 Å². The van der Waals surface area contributed by atoms with Crippen molar-refractivity contribution < 1.29 is 23.5 Å². The monoisotopic (exact) mass is 392 g/mol. The van der Waals surface area contributed by atoms with Crippen LogP contribution in [-0.4, -0.2) is 26.0 Å². The molecule has 0 aliphatic rings. The summed E-state index contributed by atoms with van der Waals surface area (Å²) in [5.41, 5.74) is 1.87. The Morgan fingerprint density at radius 3 is 2.34 bits per heavy atom. The lowest BCUT2D eigenvalue weighted by molar-refractivity contribution is -0.111. The average molecular weight is 392 g/mol. The van der Waals surface area contributed by atoms with E-state index in [0.29, 0.717) is 22.9 Å². The minimum absolute atomic E-state index is 0.206. The third-order valence-corrected chi connectivity index (χ3v) is 3.97. The fourth-order valence-electron chi connectivity index (χ4n) is 2.59. The molecule has 0 spiro atoms. The van der Waals surface area contributed by atoms with Crippen molar-refractivity contribution in [2.75, 3.05) is 24.9 Å². The van der Waals surface area contributed by atoms with Gasteiger partial charge in [-0.1, -0.05) is 12.1 Å². The first-order chi connectivity index (χ1) is 14.1. The number of ether oxygens (including phenoxy) is 2. The quantitative estimate of drug-likeness (QED) is 0.588. The molecule has 148 valence electrons. The maximum absolute atomic E-state index is 12.2. The van der Waals surface area contributed by atoms with E-state index >= 15 is 0 Å². The first-order valence-corrected chi connectivity index (χ1v) is 8.75. The number of furan rings is 1. The van der Waals surface area contributed by atoms with Crippen molar-refractivity contribution in [3.05, 3.63) is 78.3 Å². The number of methoxy groups -OCH3 is 2. The maximum atomic E-state index is 12.2. The van der Waals surface area contributed by atoms with E-state index in [2.05, 4.69) is 10.6 Å². The fraction of sp³-hybridized carbons (Fsp3) is 0.0909. The number of carbonyl (C=O) groups is 2. The molecule has 2 N–H and O–H groups in total. The Kier molecular flexibility index (Phi) is 6.32. The zero-order valence-electron chi connectivity index (χ0n) is 16.0. The molecule has 0 bridgehead atoms. The summed E-state index contributed by atoms with van der Waals surface area (Å²) in [7, 11) is 3.11. The Labute approximate surface area is 167 Å². The largest absolute Gasteiger partial charge is 0.493 e. The van der Waals surface area contributed by atoms with E-state index in [-0.39, 0.29) is 17.6 Å². The normalized spacial score (nSPS) is 10.6. The Balaban J connectivity index is 1.63. The summed E-state index contributed by atoms with van der Waals surface area (Å²) in [5, 5.41) is 5.47. The van der Waals surface area contributed by atoms with Gasteiger partial charge in [0.15, 0.2) is 17.3 Å². The van der Waals surface area contributed by atoms with Crippen LogP contribution in [0, 0.1) is 0 Å². The van der Waals surface area contributed by atoms with Gasteiger partial charge in [0, 0.05) is 17.5 Å². The van der Waals surface area contributed by atoms with E-state index in [1.165, 1.54) is 12.3 Å². The van der Waals surface area contributed by atoms with E-state index in [1.807, 2.05) is 6.07 Å². The van der Waals surface area contributed by atoms with Crippen molar-refractivity contribution >= 4 is 29.3 Å². The standard InChI is InChI=1S/C22H20N2O5/c1-27-18-10-8-15(13-20(18)28-2)9-11-21(25)23-16-5-3-6-17(14-16)24-22(26)19-7-4-12-29-19/h3-14H,1-2H3,(H,23,25)(H,24,26)/b11-9+. The van der Waals surface area contributed by atoms with Crippen LogP contribution < -0.4 is 20.1 Å². The van der Waals surface area contributed by atoms with Crippen LogP contribution in [0.5, 0.6) is 11.5 Å². The predicted molar refractivity (Wildman–Crippen MR) is 110 cm³/mol. The summed E-state index contributed by atoms with van der Waals surface area (Å²) in [5.74, 6) is 0.719. The second kappa shape index (κ2) is 9.27. The summed E-state index contributed by atoms with van der Waals surface area (Å²) >= 11 is 0. The van der Waals surface area contributed by atoms with Crippen LogP contribution in [0.3, 0.4) is 0 Å². The SMILES string of the molecule is COc1ccc(/C=C/C(=O)Nc2cccc(NC(=O)c3ccco3)c2)cc1OC. The van der Waals surface area contributed by atoms with Gasteiger partial charge in [0.1, 0.15) is 0 Å². The maximum Gasteiger partial charge on any atom is 0.291 e. The molecule has 0 unspecified atom stereocenters. The van der Waals surface area contributed by atoms with Gasteiger partial charge in [-0.2, -0.15) is 0 Å². The van der Waals surface area contributed by atoms with Gasteiger partial charge < -0.3 is 24.5 Å². The second-order valence-electron chi connectivity index (χ2n) is 5.95. The Morgan fingerprint density at radius 2 is 1.66 bits per heavy atom. The van der Waals surface area contributed by atoms with E-state index in [4.69, 9.17) is 13.9 Å². The summed E-state index contributed by atoms with van der Waals surface area (Å²) in [6, 6.07) is 15.4. The smallest absolute Gasteiger partial charge is 0.291 e. The van der Waals surface area contributed by atoms with Gasteiger partial charge in [0.25, 0.3) is 5.91 Å². The molecular formula is C22H20N2O5. The fourth-order valence-corrected chi connectivity index (χ4v) is 2.59. The molecule has 0 radical (unpaired) electrons. The molecule has 0 aliphatic heterocycles. The lowest BCUT2D eigenvalue weighted by Gasteiger charge is -2.08. The lowest BCUT2D eigenvalue weighted by Crippen LogP contribution is -2.12. The summed E-state index contributed by atoms with van der Waals surface area (Å²) in [6.07, 6.45) is 4.51. The predicted octanol–water partition coefficient (Wildman–Crippen LogP) is 4.20. The highest BCUT2D eigenvalue weighted by molar-refractivity contribution is 6.04. The number of rotatable bonds is 7. The average Bonchev–Trinajstić information content (AvgIpc) is 3.27. The van der Waals surface area contributed by atoms with Gasteiger partial charge in [0.05, 0.1) is 20.5 Å². The molecule has 1 aromatic heterocycles. The Morgan fingerprint density at radius 1 is 0.897 bits per heavy atom. The van der Waals surface area contributed by atoms with Gasteiger partial charge >= 0.3 is 0 Å². The van der Waals surface area contributed by atoms with Crippen molar-refractivity contribution in [2.45, 2.75) is 0 Å². The first kappa shape index (κ1) is 19.8. The minimum atomic E-state index is -0.369. The number of carbonyl (C=O) groups excluding carboxylic acids is 2. The van der Waals surface area contributed by atoms with Crippen molar-refractivity contribution in [1.82, 2.24) is 0 Å². The topological polar surface area (TPSA) is 89.8 Å². The molecule has 2 amide bonds. The Hall–Kier alpha value is -4.00. The molecule has 0 aliphatic carbocycles. The second-order valence-corrected chi connectivity index (χ2v) is 5.95. The van der Waals surface area contributed by atoms with Crippen molar-refractivity contribution in [1.29, 1.82) is 0 Å². The van der Waals surface area contributed by atoms with Crippen molar-refractivity contribution in [2.24, 2.45) is 0 Å². The molecular weight excluding hydrogens is 372 g/mol. The van der Waals surface area contributed by atoms with Crippen LogP contribution in [-0.2, 0) is 4.79 Å². The molecule has 0 saturated carbocycles. The number of benzene rings is 2. The summed E-state index contributed by atoms with van der Waals surface area (Å²) < 4.78 is 15.5. The molecule has 7 nitrogen and oxygen atoms in total. The third kappa shape index (κ3) is 5.26. The van der Waals surface area contributed by atoms with E-state index in [9.17, 15) is 9.59 Å². The molecule has 0 saturated heterocycles. The lowest BCUT2D eigenvalue weighted by atomic mass is 10.2. The van der Waals surface area contributed by atoms with E-state index in [1.54, 1.807) is 68.8 Å². The first-order valence-electron chi connectivity index (χ1n) is 8.75. The molecule has 7 heteroatoms. The summed E-state index contributed by atoms with van der Waals surface area (Å²) in [6.45, 7) is 0. The van der Waals surface area contributed by atoms with Crippen LogP contribution in [0.4, 0.5) is 11.4 Å². The number of nitrogens with one attached hydrogen (secondary N) is 2. The van der Waals surface area contributed by atoms with Crippen molar-refractivity contribution in [3.8, 4) is 11.5 Å². The highest BCUT2D eigenvalue weighted by atomic mass is 16.5. The molecule has 29 heavy (non-hydrogen) atoms. The molecule has 1 heterocycles. The molecule has 3 rings (SSSR count). The number of hydrogen-bond donors (Lipinski definition) is 2. The highest BCUT2D eigenvalue weighted by Gasteiger charge is 2.09. The molecule has 0 fully saturated rings. The zero-order chi connectivity index (χ0) is 20.6. The third-order valence-electron chi connectivity index (χ3n) is 3.97. The van der Waals surface area contributed by atoms with Crippen LogP contribution in [0.25, 0.3) is 6.08 Å². The van der Waals surface area contributed by atoms with Gasteiger partial charge in [0.2, 0.25) is 5.91 Å². The van der Waals surface area contributed by atoms with Crippen molar-refractivity contribution in [3.63, 3.8) is 0 Å². The van der Waals surface area contributed by atoms with Crippen LogP contribution >= 0.6 is 0 Å². The van der Waals surface area contributed by atoms with Crippen LogP contribution in [0.2, 0.25) is 0 Å². The van der Waals surface area contributed by atoms with Crippen LogP contribution in [0.1, 0.15) is 16.1 Å². The minimum Gasteiger partial charge on any atom is -0.493 e.